The molecule has 2 aromatic rings. The molecule has 1 saturated carbocycles. The zero-order valence-electron chi connectivity index (χ0n) is 11.3. The molecule has 0 unspecified atom stereocenters. The van der Waals surface area contributed by atoms with Crippen LogP contribution >= 0.6 is 0 Å². The third-order valence-corrected chi connectivity index (χ3v) is 3.40. The molecule has 1 fully saturated rings. The topological polar surface area (TPSA) is 48.3 Å². The van der Waals surface area contributed by atoms with E-state index in [-0.39, 0.29) is 11.5 Å². The third kappa shape index (κ3) is 2.28. The minimum Gasteiger partial charge on any atom is -0.395 e. The smallest absolute Gasteiger partial charge is 0.395 e. The summed E-state index contributed by atoms with van der Waals surface area (Å²) in [5.41, 5.74) is 1.54. The largest absolute Gasteiger partial charge is 0.586 e. The molecule has 1 N–H and O–H groups in total. The monoisotopic (exact) mass is 293 g/mol. The molecule has 7 heteroatoms. The van der Waals surface area contributed by atoms with Gasteiger partial charge in [-0.3, -0.25) is 4.57 Å². The fourth-order valence-corrected chi connectivity index (χ4v) is 2.29. The SMILES string of the molecule is Cc1cn(-c2ccc3c(c2)OC(F)(F)O3)c(NC2CC2)n1. The van der Waals surface area contributed by atoms with Crippen LogP contribution in [-0.4, -0.2) is 21.9 Å². The Morgan fingerprint density at radius 2 is 2.05 bits per heavy atom. The van der Waals surface area contributed by atoms with Crippen LogP contribution in [0.1, 0.15) is 18.5 Å². The maximum atomic E-state index is 13.1. The fraction of sp³-hybridized carbons (Fsp3) is 0.357. The van der Waals surface area contributed by atoms with Crippen molar-refractivity contribution in [3.8, 4) is 17.2 Å². The number of hydrogen-bond acceptors (Lipinski definition) is 4. The van der Waals surface area contributed by atoms with Crippen molar-refractivity contribution in [2.45, 2.75) is 32.1 Å². The highest BCUT2D eigenvalue weighted by molar-refractivity contribution is 5.53. The molecule has 0 amide bonds. The quantitative estimate of drug-likeness (QED) is 0.944. The van der Waals surface area contributed by atoms with Gasteiger partial charge >= 0.3 is 6.29 Å². The number of hydrogen-bond donors (Lipinski definition) is 1. The summed E-state index contributed by atoms with van der Waals surface area (Å²) in [6.45, 7) is 1.88. The van der Waals surface area contributed by atoms with Crippen molar-refractivity contribution in [3.63, 3.8) is 0 Å². The molecule has 0 saturated heterocycles. The van der Waals surface area contributed by atoms with Crippen LogP contribution in [0, 0.1) is 6.92 Å². The number of aromatic nitrogens is 2. The van der Waals surface area contributed by atoms with Crippen LogP contribution in [-0.2, 0) is 0 Å². The lowest BCUT2D eigenvalue weighted by atomic mass is 10.3. The van der Waals surface area contributed by atoms with Crippen LogP contribution in [0.5, 0.6) is 11.5 Å². The molecular weight excluding hydrogens is 280 g/mol. The van der Waals surface area contributed by atoms with Gasteiger partial charge in [-0.1, -0.05) is 0 Å². The molecule has 0 atom stereocenters. The average molecular weight is 293 g/mol. The van der Waals surface area contributed by atoms with Gasteiger partial charge in [-0.2, -0.15) is 0 Å². The van der Waals surface area contributed by atoms with Gasteiger partial charge in [0.1, 0.15) is 0 Å². The lowest BCUT2D eigenvalue weighted by molar-refractivity contribution is -0.286. The second-order valence-corrected chi connectivity index (χ2v) is 5.29. The molecule has 21 heavy (non-hydrogen) atoms. The van der Waals surface area contributed by atoms with Gasteiger partial charge < -0.3 is 14.8 Å². The number of alkyl halides is 2. The Labute approximate surface area is 119 Å². The first-order chi connectivity index (χ1) is 10.00. The predicted molar refractivity (Wildman–Crippen MR) is 71.1 cm³/mol. The minimum absolute atomic E-state index is 0.0289. The van der Waals surface area contributed by atoms with E-state index < -0.39 is 6.29 Å². The Bertz CT molecular complexity index is 710. The first-order valence-electron chi connectivity index (χ1n) is 6.73. The standard InChI is InChI=1S/C14H13F2N3O2/c1-8-7-19(13(17-8)18-9-2-3-9)10-4-5-11-12(6-10)21-14(15,16)20-11/h4-7,9H,2-3H2,1H3,(H,17,18). The molecule has 1 aliphatic carbocycles. The van der Waals surface area contributed by atoms with Crippen molar-refractivity contribution >= 4 is 5.95 Å². The van der Waals surface area contributed by atoms with Crippen molar-refractivity contribution < 1.29 is 18.3 Å². The summed E-state index contributed by atoms with van der Waals surface area (Å²) in [6.07, 6.45) is 0.500. The van der Waals surface area contributed by atoms with Gasteiger partial charge in [0.05, 0.1) is 11.4 Å². The lowest BCUT2D eigenvalue weighted by Crippen LogP contribution is -2.25. The van der Waals surface area contributed by atoms with Gasteiger partial charge in [0.25, 0.3) is 0 Å². The Hall–Kier alpha value is -2.31. The number of nitrogens with zero attached hydrogens (tertiary/aromatic N) is 2. The van der Waals surface area contributed by atoms with Crippen LogP contribution in [0.4, 0.5) is 14.7 Å². The number of halogens is 2. The van der Waals surface area contributed by atoms with Gasteiger partial charge in [-0.15, -0.1) is 8.78 Å². The highest BCUT2D eigenvalue weighted by Crippen LogP contribution is 2.42. The zero-order chi connectivity index (χ0) is 14.6. The van der Waals surface area contributed by atoms with E-state index in [9.17, 15) is 8.78 Å². The number of anilines is 1. The number of benzene rings is 1. The summed E-state index contributed by atoms with van der Waals surface area (Å²) in [4.78, 5) is 4.42. The van der Waals surface area contributed by atoms with E-state index in [0.717, 1.165) is 18.5 Å². The van der Waals surface area contributed by atoms with Gasteiger partial charge in [-0.05, 0) is 31.9 Å². The molecule has 5 nitrogen and oxygen atoms in total. The van der Waals surface area contributed by atoms with E-state index in [4.69, 9.17) is 0 Å². The molecule has 4 rings (SSSR count). The van der Waals surface area contributed by atoms with E-state index in [1.165, 1.54) is 12.1 Å². The molecule has 110 valence electrons. The summed E-state index contributed by atoms with van der Waals surface area (Å²) in [7, 11) is 0. The zero-order valence-corrected chi connectivity index (χ0v) is 11.3. The van der Waals surface area contributed by atoms with E-state index in [1.807, 2.05) is 17.7 Å². The highest BCUT2D eigenvalue weighted by atomic mass is 19.3. The molecule has 0 radical (unpaired) electrons. The van der Waals surface area contributed by atoms with Crippen molar-refractivity contribution in [1.29, 1.82) is 0 Å². The Balaban J connectivity index is 1.71. The summed E-state index contributed by atoms with van der Waals surface area (Å²) < 4.78 is 36.8. The van der Waals surface area contributed by atoms with Crippen LogP contribution in [0.25, 0.3) is 5.69 Å². The van der Waals surface area contributed by atoms with Crippen molar-refractivity contribution in [2.24, 2.45) is 0 Å². The molecule has 1 aromatic heterocycles. The molecule has 0 spiro atoms. The van der Waals surface area contributed by atoms with E-state index in [2.05, 4.69) is 19.8 Å². The van der Waals surface area contributed by atoms with E-state index in [0.29, 0.717) is 17.7 Å². The Morgan fingerprint density at radius 3 is 2.81 bits per heavy atom. The molecule has 0 bridgehead atoms. The Kier molecular flexibility index (Phi) is 2.42. The van der Waals surface area contributed by atoms with Crippen LogP contribution in [0.3, 0.4) is 0 Å². The summed E-state index contributed by atoms with van der Waals surface area (Å²) >= 11 is 0. The van der Waals surface area contributed by atoms with Crippen molar-refractivity contribution in [3.05, 3.63) is 30.1 Å². The first-order valence-corrected chi connectivity index (χ1v) is 6.73. The number of imidazole rings is 1. The van der Waals surface area contributed by atoms with Crippen LogP contribution in [0.15, 0.2) is 24.4 Å². The maximum Gasteiger partial charge on any atom is 0.586 e. The number of fused-ring (bicyclic) bond motifs is 1. The fourth-order valence-electron chi connectivity index (χ4n) is 2.29. The molecule has 2 heterocycles. The number of aryl methyl sites for hydroxylation is 1. The molecule has 2 aliphatic rings. The lowest BCUT2D eigenvalue weighted by Gasteiger charge is -2.09. The normalized spacial score (nSPS) is 18.8. The number of rotatable bonds is 3. The second kappa shape index (κ2) is 4.09. The number of ether oxygens (including phenoxy) is 2. The summed E-state index contributed by atoms with van der Waals surface area (Å²) in [5.74, 6) is 0.777. The highest BCUT2D eigenvalue weighted by Gasteiger charge is 2.43. The molecular formula is C14H13F2N3O2. The molecule has 1 aliphatic heterocycles. The van der Waals surface area contributed by atoms with Crippen LogP contribution < -0.4 is 14.8 Å². The average Bonchev–Trinajstić information content (AvgIpc) is 3.05. The van der Waals surface area contributed by atoms with Crippen LogP contribution in [0.2, 0.25) is 0 Å². The van der Waals surface area contributed by atoms with E-state index >= 15 is 0 Å². The van der Waals surface area contributed by atoms with Gasteiger partial charge in [0.2, 0.25) is 5.95 Å². The third-order valence-electron chi connectivity index (χ3n) is 3.40. The summed E-state index contributed by atoms with van der Waals surface area (Å²) in [6, 6.07) is 5.14. The minimum atomic E-state index is -3.60. The van der Waals surface area contributed by atoms with Gasteiger partial charge in [0.15, 0.2) is 11.5 Å². The number of nitrogens with one attached hydrogen (secondary N) is 1. The van der Waals surface area contributed by atoms with Crippen molar-refractivity contribution in [1.82, 2.24) is 9.55 Å². The second-order valence-electron chi connectivity index (χ2n) is 5.29. The summed E-state index contributed by atoms with van der Waals surface area (Å²) in [5, 5.41) is 3.32. The van der Waals surface area contributed by atoms with Gasteiger partial charge in [0, 0.05) is 18.3 Å². The Morgan fingerprint density at radius 1 is 1.29 bits per heavy atom. The first kappa shape index (κ1) is 12.4. The van der Waals surface area contributed by atoms with Gasteiger partial charge in [-0.25, -0.2) is 4.98 Å². The van der Waals surface area contributed by atoms with Crippen molar-refractivity contribution in [2.75, 3.05) is 5.32 Å². The molecule has 1 aromatic carbocycles. The maximum absolute atomic E-state index is 13.1. The predicted octanol–water partition coefficient (Wildman–Crippen LogP) is 3.08. The van der Waals surface area contributed by atoms with E-state index in [1.54, 1.807) is 6.07 Å².